The molecule has 1 aromatic rings. The van der Waals surface area contributed by atoms with Gasteiger partial charge in [0.15, 0.2) is 0 Å². The van der Waals surface area contributed by atoms with Crippen LogP contribution in [0.2, 0.25) is 0 Å². The summed E-state index contributed by atoms with van der Waals surface area (Å²) in [7, 11) is 0. The molecule has 2 rings (SSSR count). The van der Waals surface area contributed by atoms with Crippen molar-refractivity contribution in [3.8, 4) is 0 Å². The van der Waals surface area contributed by atoms with Gasteiger partial charge in [0.05, 0.1) is 19.8 Å². The third kappa shape index (κ3) is 2.83. The van der Waals surface area contributed by atoms with E-state index < -0.39 is 0 Å². The predicted octanol–water partition coefficient (Wildman–Crippen LogP) is 2.44. The Hall–Kier alpha value is -0.860. The summed E-state index contributed by atoms with van der Waals surface area (Å²) < 4.78 is 6.70. The van der Waals surface area contributed by atoms with Crippen molar-refractivity contribution >= 4 is 0 Å². The fourth-order valence-corrected chi connectivity index (χ4v) is 2.64. The number of ether oxygens (including phenoxy) is 1. The second kappa shape index (κ2) is 5.46. The van der Waals surface area contributed by atoms with E-state index in [1.165, 1.54) is 36.1 Å². The highest BCUT2D eigenvalue weighted by Gasteiger charge is 2.29. The van der Waals surface area contributed by atoms with Crippen LogP contribution in [0.1, 0.15) is 18.9 Å². The first-order chi connectivity index (χ1) is 7.85. The first-order valence-electron chi connectivity index (χ1n) is 6.31. The van der Waals surface area contributed by atoms with Gasteiger partial charge in [-0.05, 0) is 6.42 Å². The highest BCUT2D eigenvalue weighted by molar-refractivity contribution is 5.13. The predicted molar refractivity (Wildman–Crippen MR) is 66.1 cm³/mol. The molecule has 0 bridgehead atoms. The fourth-order valence-electron chi connectivity index (χ4n) is 2.64. The third-order valence-electron chi connectivity index (χ3n) is 3.48. The van der Waals surface area contributed by atoms with Gasteiger partial charge in [0, 0.05) is 5.56 Å². The lowest BCUT2D eigenvalue weighted by Gasteiger charge is -2.41. The van der Waals surface area contributed by atoms with Gasteiger partial charge in [-0.2, -0.15) is 0 Å². The van der Waals surface area contributed by atoms with E-state index in [2.05, 4.69) is 37.3 Å². The Morgan fingerprint density at radius 1 is 1.12 bits per heavy atom. The first-order valence-corrected chi connectivity index (χ1v) is 6.31. The van der Waals surface area contributed by atoms with E-state index in [9.17, 15) is 0 Å². The van der Waals surface area contributed by atoms with Gasteiger partial charge in [-0.15, -0.1) is 0 Å². The number of hydrogen-bond donors (Lipinski definition) is 0. The Morgan fingerprint density at radius 2 is 1.81 bits per heavy atom. The van der Waals surface area contributed by atoms with E-state index in [0.717, 1.165) is 19.8 Å². The maximum Gasteiger partial charge on any atom is 0.104 e. The molecule has 0 unspecified atom stereocenters. The van der Waals surface area contributed by atoms with E-state index in [0.29, 0.717) is 0 Å². The van der Waals surface area contributed by atoms with E-state index >= 15 is 0 Å². The second-order valence-corrected chi connectivity index (χ2v) is 4.77. The molecular weight excluding hydrogens is 198 g/mol. The molecule has 0 radical (unpaired) electrons. The highest BCUT2D eigenvalue weighted by atomic mass is 16.5. The molecule has 0 spiro atoms. The van der Waals surface area contributed by atoms with Crippen molar-refractivity contribution in [3.05, 3.63) is 35.9 Å². The van der Waals surface area contributed by atoms with Crippen LogP contribution in [-0.2, 0) is 11.3 Å². The zero-order chi connectivity index (χ0) is 11.3. The van der Waals surface area contributed by atoms with Crippen molar-refractivity contribution < 1.29 is 9.22 Å². The molecule has 2 heteroatoms. The largest absolute Gasteiger partial charge is 0.370 e. The molecule has 0 atom stereocenters. The van der Waals surface area contributed by atoms with Gasteiger partial charge < -0.3 is 9.22 Å². The molecule has 1 fully saturated rings. The summed E-state index contributed by atoms with van der Waals surface area (Å²) in [6, 6.07) is 10.8. The number of quaternary nitrogens is 1. The molecule has 1 saturated heterocycles. The van der Waals surface area contributed by atoms with Gasteiger partial charge in [-0.3, -0.25) is 0 Å². The van der Waals surface area contributed by atoms with E-state index in [1.807, 2.05) is 0 Å². The first kappa shape index (κ1) is 11.6. The van der Waals surface area contributed by atoms with Crippen LogP contribution in [0.4, 0.5) is 0 Å². The van der Waals surface area contributed by atoms with Crippen LogP contribution in [0.5, 0.6) is 0 Å². The molecule has 1 heterocycles. The number of hydrogen-bond acceptors (Lipinski definition) is 1. The maximum absolute atomic E-state index is 5.49. The minimum absolute atomic E-state index is 0.923. The summed E-state index contributed by atoms with van der Waals surface area (Å²) >= 11 is 0. The highest BCUT2D eigenvalue weighted by Crippen LogP contribution is 2.18. The van der Waals surface area contributed by atoms with E-state index in [-0.39, 0.29) is 0 Å². The Bertz CT molecular complexity index is 298. The summed E-state index contributed by atoms with van der Waals surface area (Å²) in [5.41, 5.74) is 1.46. The smallest absolute Gasteiger partial charge is 0.104 e. The molecule has 88 valence electrons. The van der Waals surface area contributed by atoms with E-state index in [1.54, 1.807) is 0 Å². The lowest BCUT2D eigenvalue weighted by Crippen LogP contribution is -2.54. The zero-order valence-electron chi connectivity index (χ0n) is 10.2. The van der Waals surface area contributed by atoms with Crippen molar-refractivity contribution in [3.63, 3.8) is 0 Å². The van der Waals surface area contributed by atoms with Gasteiger partial charge in [-0.1, -0.05) is 37.3 Å². The molecule has 0 aromatic heterocycles. The molecule has 1 aliphatic rings. The van der Waals surface area contributed by atoms with Crippen LogP contribution in [0.25, 0.3) is 0 Å². The van der Waals surface area contributed by atoms with Crippen LogP contribution >= 0.6 is 0 Å². The molecule has 2 nitrogen and oxygen atoms in total. The monoisotopic (exact) mass is 220 g/mol. The normalized spacial score (nSPS) is 19.6. The molecule has 0 aliphatic carbocycles. The number of nitrogens with zero attached hydrogens (tertiary/aromatic N) is 1. The van der Waals surface area contributed by atoms with Gasteiger partial charge in [0.25, 0.3) is 0 Å². The molecule has 0 N–H and O–H groups in total. The minimum atomic E-state index is 0.923. The molecular formula is C14H22NO+. The summed E-state index contributed by atoms with van der Waals surface area (Å²) in [4.78, 5) is 0. The van der Waals surface area contributed by atoms with Crippen molar-refractivity contribution in [2.45, 2.75) is 19.9 Å². The molecule has 16 heavy (non-hydrogen) atoms. The number of benzene rings is 1. The van der Waals surface area contributed by atoms with E-state index in [4.69, 9.17) is 4.74 Å². The molecule has 0 amide bonds. The summed E-state index contributed by atoms with van der Waals surface area (Å²) in [5.74, 6) is 0. The Kier molecular flexibility index (Phi) is 3.97. The average Bonchev–Trinajstić information content (AvgIpc) is 2.31. The molecule has 1 aliphatic heterocycles. The standard InChI is InChI=1S/C14H22NO/c1-2-8-15(9-11-16-12-10-15)13-14-6-4-3-5-7-14/h3-7H,2,8-13H2,1H3/q+1. The maximum atomic E-state index is 5.49. The quantitative estimate of drug-likeness (QED) is 0.708. The van der Waals surface area contributed by atoms with Crippen molar-refractivity contribution in [2.75, 3.05) is 32.8 Å². The minimum Gasteiger partial charge on any atom is -0.370 e. The van der Waals surface area contributed by atoms with Crippen LogP contribution in [0.3, 0.4) is 0 Å². The van der Waals surface area contributed by atoms with Crippen molar-refractivity contribution in [1.82, 2.24) is 0 Å². The average molecular weight is 220 g/mol. The van der Waals surface area contributed by atoms with Crippen LogP contribution in [-0.4, -0.2) is 37.3 Å². The second-order valence-electron chi connectivity index (χ2n) is 4.77. The number of rotatable bonds is 4. The molecule has 0 saturated carbocycles. The fraction of sp³-hybridized carbons (Fsp3) is 0.571. The van der Waals surface area contributed by atoms with Gasteiger partial charge >= 0.3 is 0 Å². The third-order valence-corrected chi connectivity index (χ3v) is 3.48. The van der Waals surface area contributed by atoms with Crippen LogP contribution in [0, 0.1) is 0 Å². The van der Waals surface area contributed by atoms with Crippen molar-refractivity contribution in [1.29, 1.82) is 0 Å². The summed E-state index contributed by atoms with van der Waals surface area (Å²) in [5, 5.41) is 0. The Labute approximate surface area is 98.4 Å². The Balaban J connectivity index is 2.07. The van der Waals surface area contributed by atoms with Crippen LogP contribution in [0.15, 0.2) is 30.3 Å². The SMILES string of the molecule is CCC[N+]1(Cc2ccccc2)CCOCC1. The van der Waals surface area contributed by atoms with Gasteiger partial charge in [0.1, 0.15) is 19.6 Å². The summed E-state index contributed by atoms with van der Waals surface area (Å²) in [6.45, 7) is 8.90. The summed E-state index contributed by atoms with van der Waals surface area (Å²) in [6.07, 6.45) is 1.26. The zero-order valence-corrected chi connectivity index (χ0v) is 10.2. The van der Waals surface area contributed by atoms with Crippen LogP contribution < -0.4 is 0 Å². The molecule has 1 aromatic carbocycles. The lowest BCUT2D eigenvalue weighted by atomic mass is 10.1. The Morgan fingerprint density at radius 3 is 2.44 bits per heavy atom. The lowest BCUT2D eigenvalue weighted by molar-refractivity contribution is -0.947. The van der Waals surface area contributed by atoms with Gasteiger partial charge in [-0.25, -0.2) is 0 Å². The number of morpholine rings is 1. The van der Waals surface area contributed by atoms with Gasteiger partial charge in [0.2, 0.25) is 0 Å². The topological polar surface area (TPSA) is 9.23 Å². The van der Waals surface area contributed by atoms with Crippen molar-refractivity contribution in [2.24, 2.45) is 0 Å².